The van der Waals surface area contributed by atoms with E-state index in [1.165, 1.54) is 13.0 Å². The van der Waals surface area contributed by atoms with Crippen molar-refractivity contribution in [1.82, 2.24) is 5.32 Å². The first-order chi connectivity index (χ1) is 8.25. The van der Waals surface area contributed by atoms with E-state index in [-0.39, 0.29) is 0 Å². The molecule has 0 amide bonds. The third-order valence-electron chi connectivity index (χ3n) is 6.09. The molecule has 1 atom stereocenters. The van der Waals surface area contributed by atoms with Gasteiger partial charge in [0.2, 0.25) is 0 Å². The fraction of sp³-hybridized carbons (Fsp3) is 1.00. The first-order valence-corrected chi connectivity index (χ1v) is 7.96. The first-order valence-electron chi connectivity index (χ1n) is 7.96. The molecule has 0 aliphatic heterocycles. The van der Waals surface area contributed by atoms with Crippen molar-refractivity contribution in [2.75, 3.05) is 13.1 Å². The fourth-order valence-electron chi connectivity index (χ4n) is 5.79. The van der Waals surface area contributed by atoms with Crippen molar-refractivity contribution in [3.63, 3.8) is 0 Å². The highest BCUT2D eigenvalue weighted by Crippen LogP contribution is 2.63. The average molecular weight is 235 g/mol. The Kier molecular flexibility index (Phi) is 3.23. The largest absolute Gasteiger partial charge is 0.317 e. The van der Waals surface area contributed by atoms with Crippen LogP contribution >= 0.6 is 0 Å². The van der Waals surface area contributed by atoms with E-state index in [4.69, 9.17) is 0 Å². The number of nitrogens with one attached hydrogen (secondary N) is 1. The van der Waals surface area contributed by atoms with Crippen LogP contribution in [0.5, 0.6) is 0 Å². The maximum absolute atomic E-state index is 3.62. The third-order valence-corrected chi connectivity index (χ3v) is 6.09. The van der Waals surface area contributed by atoms with E-state index < -0.39 is 0 Å². The van der Waals surface area contributed by atoms with E-state index >= 15 is 0 Å². The van der Waals surface area contributed by atoms with Crippen LogP contribution in [0, 0.1) is 29.1 Å². The smallest absolute Gasteiger partial charge is 0.00154 e. The Morgan fingerprint density at radius 1 is 1.00 bits per heavy atom. The molecule has 4 fully saturated rings. The second kappa shape index (κ2) is 4.57. The van der Waals surface area contributed by atoms with E-state index in [1.54, 1.807) is 38.5 Å². The highest BCUT2D eigenvalue weighted by molar-refractivity contribution is 5.04. The van der Waals surface area contributed by atoms with Crippen molar-refractivity contribution in [1.29, 1.82) is 0 Å². The SMILES string of the molecule is CCNCC(CC)C12CC3CC(CC(C3)C1)C2. The van der Waals surface area contributed by atoms with Gasteiger partial charge in [-0.25, -0.2) is 0 Å². The van der Waals surface area contributed by atoms with Crippen molar-refractivity contribution < 1.29 is 0 Å². The van der Waals surface area contributed by atoms with Gasteiger partial charge in [-0.1, -0.05) is 20.3 Å². The molecule has 1 N–H and O–H groups in total. The molecule has 4 aliphatic rings. The van der Waals surface area contributed by atoms with Gasteiger partial charge >= 0.3 is 0 Å². The lowest BCUT2D eigenvalue weighted by molar-refractivity contribution is -0.0874. The molecule has 4 aliphatic carbocycles. The minimum Gasteiger partial charge on any atom is -0.317 e. The summed E-state index contributed by atoms with van der Waals surface area (Å²) in [6.45, 7) is 7.08. The molecule has 4 bridgehead atoms. The molecular weight excluding hydrogens is 206 g/mol. The zero-order chi connectivity index (χ0) is 11.9. The molecule has 4 rings (SSSR count). The Hall–Kier alpha value is -0.0400. The molecule has 0 aromatic rings. The van der Waals surface area contributed by atoms with Crippen molar-refractivity contribution in [2.24, 2.45) is 29.1 Å². The maximum Gasteiger partial charge on any atom is -0.00154 e. The van der Waals surface area contributed by atoms with Crippen molar-refractivity contribution in [3.05, 3.63) is 0 Å². The van der Waals surface area contributed by atoms with Gasteiger partial charge in [-0.15, -0.1) is 0 Å². The normalized spacial score (nSPS) is 45.2. The quantitative estimate of drug-likeness (QED) is 0.763. The lowest BCUT2D eigenvalue weighted by Gasteiger charge is -2.59. The lowest BCUT2D eigenvalue weighted by atomic mass is 9.46. The van der Waals surface area contributed by atoms with Crippen LogP contribution in [-0.4, -0.2) is 13.1 Å². The zero-order valence-corrected chi connectivity index (χ0v) is 11.7. The maximum atomic E-state index is 3.62. The van der Waals surface area contributed by atoms with Gasteiger partial charge in [-0.2, -0.15) is 0 Å². The molecule has 0 aromatic carbocycles. The molecule has 0 heterocycles. The summed E-state index contributed by atoms with van der Waals surface area (Å²) < 4.78 is 0. The van der Waals surface area contributed by atoms with E-state index in [2.05, 4.69) is 19.2 Å². The van der Waals surface area contributed by atoms with E-state index in [0.717, 1.165) is 35.6 Å². The minimum absolute atomic E-state index is 0.756. The Morgan fingerprint density at radius 2 is 1.53 bits per heavy atom. The highest BCUT2D eigenvalue weighted by atomic mass is 14.9. The average Bonchev–Trinajstić information content (AvgIpc) is 2.27. The Labute approximate surface area is 107 Å². The number of rotatable bonds is 5. The molecule has 0 saturated heterocycles. The fourth-order valence-corrected chi connectivity index (χ4v) is 5.79. The molecular formula is C16H29N. The van der Waals surface area contributed by atoms with Gasteiger partial charge in [0, 0.05) is 0 Å². The molecule has 0 aromatic heterocycles. The lowest BCUT2D eigenvalue weighted by Crippen LogP contribution is -2.51. The standard InChI is InChI=1S/C16H29N/c1-3-15(11-17-4-2)16-8-12-5-13(9-16)7-14(6-12)10-16/h12-15,17H,3-11H2,1-2H3. The molecule has 1 heteroatoms. The second-order valence-corrected chi connectivity index (χ2v) is 7.19. The van der Waals surface area contributed by atoms with Crippen molar-refractivity contribution in [3.8, 4) is 0 Å². The molecule has 98 valence electrons. The Bertz CT molecular complexity index is 235. The van der Waals surface area contributed by atoms with Gasteiger partial charge < -0.3 is 5.32 Å². The summed E-state index contributed by atoms with van der Waals surface area (Å²) in [6.07, 6.45) is 10.8. The monoisotopic (exact) mass is 235 g/mol. The van der Waals surface area contributed by atoms with Gasteiger partial charge in [0.1, 0.15) is 0 Å². The van der Waals surface area contributed by atoms with Crippen molar-refractivity contribution >= 4 is 0 Å². The summed E-state index contributed by atoms with van der Waals surface area (Å²) in [7, 11) is 0. The second-order valence-electron chi connectivity index (χ2n) is 7.19. The highest BCUT2D eigenvalue weighted by Gasteiger charge is 2.53. The summed E-state index contributed by atoms with van der Waals surface area (Å²) in [6, 6.07) is 0. The first kappa shape index (κ1) is 12.0. The van der Waals surface area contributed by atoms with Gasteiger partial charge in [0.05, 0.1) is 0 Å². The molecule has 4 saturated carbocycles. The topological polar surface area (TPSA) is 12.0 Å². The summed E-state index contributed by atoms with van der Waals surface area (Å²) in [5, 5.41) is 3.62. The predicted octanol–water partition coefficient (Wildman–Crippen LogP) is 3.84. The molecule has 0 radical (unpaired) electrons. The zero-order valence-electron chi connectivity index (χ0n) is 11.7. The van der Waals surface area contributed by atoms with Crippen LogP contribution in [0.25, 0.3) is 0 Å². The van der Waals surface area contributed by atoms with Crippen LogP contribution in [-0.2, 0) is 0 Å². The minimum atomic E-state index is 0.756. The van der Waals surface area contributed by atoms with Crippen molar-refractivity contribution in [2.45, 2.75) is 58.8 Å². The molecule has 1 unspecified atom stereocenters. The predicted molar refractivity (Wildman–Crippen MR) is 72.9 cm³/mol. The van der Waals surface area contributed by atoms with Crippen LogP contribution in [0.3, 0.4) is 0 Å². The molecule has 0 spiro atoms. The number of hydrogen-bond donors (Lipinski definition) is 1. The van der Waals surface area contributed by atoms with E-state index in [9.17, 15) is 0 Å². The third kappa shape index (κ3) is 2.05. The summed E-state index contributed by atoms with van der Waals surface area (Å²) in [5.41, 5.74) is 0.756. The van der Waals surface area contributed by atoms with E-state index in [0.29, 0.717) is 0 Å². The van der Waals surface area contributed by atoms with Gasteiger partial charge in [0.15, 0.2) is 0 Å². The van der Waals surface area contributed by atoms with Crippen LogP contribution < -0.4 is 5.32 Å². The van der Waals surface area contributed by atoms with Gasteiger partial charge in [-0.05, 0) is 80.7 Å². The summed E-state index contributed by atoms with van der Waals surface area (Å²) in [5.74, 6) is 4.28. The van der Waals surface area contributed by atoms with Crippen LogP contribution in [0.4, 0.5) is 0 Å². The van der Waals surface area contributed by atoms with Gasteiger partial charge in [-0.3, -0.25) is 0 Å². The summed E-state index contributed by atoms with van der Waals surface area (Å²) in [4.78, 5) is 0. The summed E-state index contributed by atoms with van der Waals surface area (Å²) >= 11 is 0. The Balaban J connectivity index is 1.75. The van der Waals surface area contributed by atoms with E-state index in [1.807, 2.05) is 0 Å². The van der Waals surface area contributed by atoms with Gasteiger partial charge in [0.25, 0.3) is 0 Å². The molecule has 1 nitrogen and oxygen atoms in total. The van der Waals surface area contributed by atoms with Crippen LogP contribution in [0.2, 0.25) is 0 Å². The Morgan fingerprint density at radius 3 is 1.94 bits per heavy atom. The number of hydrogen-bond acceptors (Lipinski definition) is 1. The molecule has 17 heavy (non-hydrogen) atoms. The van der Waals surface area contributed by atoms with Crippen LogP contribution in [0.15, 0.2) is 0 Å². The van der Waals surface area contributed by atoms with Crippen LogP contribution in [0.1, 0.15) is 58.8 Å².